The lowest BCUT2D eigenvalue weighted by atomic mass is 9.90. The van der Waals surface area contributed by atoms with Crippen molar-refractivity contribution in [2.75, 3.05) is 25.0 Å². The van der Waals surface area contributed by atoms with E-state index in [0.29, 0.717) is 37.1 Å². The summed E-state index contributed by atoms with van der Waals surface area (Å²) < 4.78 is 13.4. The molecular formula is C21H21ClFN3O2. The number of carbonyl (C=O) groups is 2. The van der Waals surface area contributed by atoms with Crippen LogP contribution < -0.4 is 10.2 Å². The van der Waals surface area contributed by atoms with E-state index in [1.54, 1.807) is 4.90 Å². The number of likely N-dealkylation sites (tertiary alicyclic amines) is 1. The number of benzene rings is 2. The zero-order valence-corrected chi connectivity index (χ0v) is 16.5. The fraction of sp³-hybridized carbons (Fsp3) is 0.333. The maximum absolute atomic E-state index is 13.4. The molecule has 0 saturated carbocycles. The van der Waals surface area contributed by atoms with Gasteiger partial charge in [0.05, 0.1) is 16.3 Å². The summed E-state index contributed by atoms with van der Waals surface area (Å²) in [5.74, 6) is -0.810. The average Bonchev–Trinajstić information content (AvgIpc) is 2.68. The fourth-order valence-electron chi connectivity index (χ4n) is 4.07. The molecule has 1 saturated heterocycles. The van der Waals surface area contributed by atoms with Crippen LogP contribution in [0.4, 0.5) is 10.1 Å². The molecule has 2 aromatic carbocycles. The van der Waals surface area contributed by atoms with Gasteiger partial charge in [-0.2, -0.15) is 0 Å². The number of rotatable bonds is 1. The standard InChI is InChI=1S/C21H21ClFN3O2/c1-13-3-6-18-15(11-13)19(27)24-21(25(18)2)7-9-26(10-8-21)20(28)14-4-5-17(23)16(22)12-14/h3-6,11-12H,7-10H2,1-2H3,(H,24,27). The number of aryl methyl sites for hydroxylation is 1. The Bertz CT molecular complexity index is 970. The van der Waals surface area contributed by atoms with E-state index in [1.165, 1.54) is 18.2 Å². The molecule has 146 valence electrons. The second-order valence-electron chi connectivity index (χ2n) is 7.49. The molecule has 1 fully saturated rings. The van der Waals surface area contributed by atoms with Gasteiger partial charge >= 0.3 is 0 Å². The molecule has 1 N–H and O–H groups in total. The van der Waals surface area contributed by atoms with E-state index < -0.39 is 11.5 Å². The summed E-state index contributed by atoms with van der Waals surface area (Å²) in [4.78, 5) is 29.3. The summed E-state index contributed by atoms with van der Waals surface area (Å²) in [6, 6.07) is 9.87. The average molecular weight is 402 g/mol. The summed E-state index contributed by atoms with van der Waals surface area (Å²) in [6.45, 7) is 2.93. The third kappa shape index (κ3) is 3.02. The molecule has 0 bridgehead atoms. The third-order valence-electron chi connectivity index (χ3n) is 5.79. The molecule has 0 aromatic heterocycles. The molecular weight excluding hydrogens is 381 g/mol. The molecule has 0 atom stereocenters. The Hall–Kier alpha value is -2.60. The fourth-order valence-corrected chi connectivity index (χ4v) is 4.25. The molecule has 0 unspecified atom stereocenters. The first-order valence-electron chi connectivity index (χ1n) is 9.22. The van der Waals surface area contributed by atoms with Gasteiger partial charge in [-0.15, -0.1) is 0 Å². The molecule has 2 aliphatic rings. The topological polar surface area (TPSA) is 52.7 Å². The summed E-state index contributed by atoms with van der Waals surface area (Å²) in [5, 5.41) is 3.09. The van der Waals surface area contributed by atoms with Crippen LogP contribution in [0.15, 0.2) is 36.4 Å². The van der Waals surface area contributed by atoms with Crippen molar-refractivity contribution in [3.8, 4) is 0 Å². The lowest BCUT2D eigenvalue weighted by Crippen LogP contribution is -2.67. The van der Waals surface area contributed by atoms with Gasteiger partial charge in [0.1, 0.15) is 11.5 Å². The van der Waals surface area contributed by atoms with E-state index in [9.17, 15) is 14.0 Å². The minimum Gasteiger partial charge on any atom is -0.351 e. The van der Waals surface area contributed by atoms with Crippen LogP contribution in [0.3, 0.4) is 0 Å². The highest BCUT2D eigenvalue weighted by Crippen LogP contribution is 2.36. The van der Waals surface area contributed by atoms with Crippen LogP contribution in [0.5, 0.6) is 0 Å². The van der Waals surface area contributed by atoms with Gasteiger partial charge in [0.25, 0.3) is 11.8 Å². The van der Waals surface area contributed by atoms with Crippen LogP contribution in [0.2, 0.25) is 5.02 Å². The Morgan fingerprint density at radius 2 is 1.89 bits per heavy atom. The number of halogens is 2. The van der Waals surface area contributed by atoms with Crippen LogP contribution >= 0.6 is 11.6 Å². The van der Waals surface area contributed by atoms with Crippen molar-refractivity contribution in [3.05, 3.63) is 63.9 Å². The van der Waals surface area contributed by atoms with Crippen molar-refractivity contribution >= 4 is 29.1 Å². The first kappa shape index (κ1) is 18.7. The number of fused-ring (bicyclic) bond motifs is 1. The number of hydrogen-bond donors (Lipinski definition) is 1. The Morgan fingerprint density at radius 1 is 1.18 bits per heavy atom. The van der Waals surface area contributed by atoms with Crippen LogP contribution in [0.25, 0.3) is 0 Å². The molecule has 7 heteroatoms. The third-order valence-corrected chi connectivity index (χ3v) is 6.08. The quantitative estimate of drug-likeness (QED) is 0.794. The zero-order valence-electron chi connectivity index (χ0n) is 15.8. The monoisotopic (exact) mass is 401 g/mol. The van der Waals surface area contributed by atoms with E-state index >= 15 is 0 Å². The van der Waals surface area contributed by atoms with Crippen molar-refractivity contribution in [2.24, 2.45) is 0 Å². The molecule has 2 aromatic rings. The molecule has 2 aliphatic heterocycles. The van der Waals surface area contributed by atoms with Gasteiger partial charge in [0, 0.05) is 38.5 Å². The van der Waals surface area contributed by atoms with Crippen molar-refractivity contribution in [3.63, 3.8) is 0 Å². The molecule has 0 radical (unpaired) electrons. The Morgan fingerprint density at radius 3 is 2.57 bits per heavy atom. The zero-order chi connectivity index (χ0) is 20.1. The van der Waals surface area contributed by atoms with Gasteiger partial charge in [-0.1, -0.05) is 23.2 Å². The number of hydrogen-bond acceptors (Lipinski definition) is 3. The second kappa shape index (κ2) is 6.78. The normalized spacial score (nSPS) is 18.1. The Balaban J connectivity index is 1.53. The number of nitrogens with zero attached hydrogens (tertiary/aromatic N) is 2. The van der Waals surface area contributed by atoms with Crippen LogP contribution in [-0.4, -0.2) is 42.5 Å². The number of amides is 2. The van der Waals surface area contributed by atoms with E-state index in [0.717, 1.165) is 11.3 Å². The van der Waals surface area contributed by atoms with Gasteiger partial charge < -0.3 is 15.1 Å². The van der Waals surface area contributed by atoms with E-state index in [2.05, 4.69) is 10.2 Å². The largest absolute Gasteiger partial charge is 0.351 e. The highest BCUT2D eigenvalue weighted by Gasteiger charge is 2.44. The minimum absolute atomic E-state index is 0.0643. The van der Waals surface area contributed by atoms with E-state index in [4.69, 9.17) is 11.6 Å². The molecule has 1 spiro atoms. The lowest BCUT2D eigenvalue weighted by molar-refractivity contribution is 0.0609. The molecule has 4 rings (SSSR count). The van der Waals surface area contributed by atoms with Crippen LogP contribution in [-0.2, 0) is 0 Å². The first-order valence-corrected chi connectivity index (χ1v) is 9.60. The SMILES string of the molecule is Cc1ccc2c(c1)C(=O)NC1(CCN(C(=O)c3ccc(F)c(Cl)c3)CC1)N2C. The summed E-state index contributed by atoms with van der Waals surface area (Å²) in [5.41, 5.74) is 2.46. The van der Waals surface area contributed by atoms with Gasteiger partial charge in [0.2, 0.25) is 0 Å². The van der Waals surface area contributed by atoms with Crippen molar-refractivity contribution in [2.45, 2.75) is 25.4 Å². The Kier molecular flexibility index (Phi) is 4.54. The predicted octanol–water partition coefficient (Wildman–Crippen LogP) is 3.60. The highest BCUT2D eigenvalue weighted by atomic mass is 35.5. The smallest absolute Gasteiger partial charge is 0.255 e. The number of anilines is 1. The van der Waals surface area contributed by atoms with Crippen LogP contribution in [0.1, 0.15) is 39.1 Å². The van der Waals surface area contributed by atoms with Gasteiger partial charge in [0.15, 0.2) is 0 Å². The van der Waals surface area contributed by atoms with E-state index in [1.807, 2.05) is 32.2 Å². The summed E-state index contributed by atoms with van der Waals surface area (Å²) >= 11 is 5.81. The Labute approximate surface area is 168 Å². The molecule has 28 heavy (non-hydrogen) atoms. The number of piperidine rings is 1. The second-order valence-corrected chi connectivity index (χ2v) is 7.89. The molecule has 2 amide bonds. The van der Waals surface area contributed by atoms with Crippen molar-refractivity contribution < 1.29 is 14.0 Å². The summed E-state index contributed by atoms with van der Waals surface area (Å²) in [6.07, 6.45) is 1.20. The number of nitrogens with one attached hydrogen (secondary N) is 1. The number of carbonyl (C=O) groups excluding carboxylic acids is 2. The van der Waals surface area contributed by atoms with Crippen LogP contribution in [0, 0.1) is 12.7 Å². The molecule has 0 aliphatic carbocycles. The van der Waals surface area contributed by atoms with Crippen molar-refractivity contribution in [1.82, 2.24) is 10.2 Å². The molecule has 5 nitrogen and oxygen atoms in total. The van der Waals surface area contributed by atoms with Gasteiger partial charge in [-0.05, 0) is 37.3 Å². The van der Waals surface area contributed by atoms with E-state index in [-0.39, 0.29) is 16.8 Å². The summed E-state index contributed by atoms with van der Waals surface area (Å²) in [7, 11) is 1.98. The van der Waals surface area contributed by atoms with Crippen molar-refractivity contribution in [1.29, 1.82) is 0 Å². The first-order chi connectivity index (χ1) is 13.3. The molecule has 2 heterocycles. The highest BCUT2D eigenvalue weighted by molar-refractivity contribution is 6.31. The van der Waals surface area contributed by atoms with Gasteiger partial charge in [-0.3, -0.25) is 9.59 Å². The maximum atomic E-state index is 13.4. The minimum atomic E-state index is -0.545. The maximum Gasteiger partial charge on any atom is 0.255 e. The lowest BCUT2D eigenvalue weighted by Gasteiger charge is -2.51. The predicted molar refractivity (Wildman–Crippen MR) is 106 cm³/mol. The van der Waals surface area contributed by atoms with Gasteiger partial charge in [-0.25, -0.2) is 4.39 Å².